The summed E-state index contributed by atoms with van der Waals surface area (Å²) in [5.74, 6) is 0.00915. The van der Waals surface area contributed by atoms with Gasteiger partial charge in [-0.15, -0.1) is 0 Å². The highest BCUT2D eigenvalue weighted by molar-refractivity contribution is 9.10. The first-order chi connectivity index (χ1) is 9.97. The molecule has 1 aliphatic heterocycles. The van der Waals surface area contributed by atoms with E-state index in [1.54, 1.807) is 6.07 Å². The summed E-state index contributed by atoms with van der Waals surface area (Å²) >= 11 is 3.33. The average molecular weight is 356 g/mol. The zero-order valence-corrected chi connectivity index (χ0v) is 13.4. The molecule has 1 amide bonds. The number of carbonyl (C=O) groups is 1. The molecule has 0 aliphatic carbocycles. The molecule has 1 aromatic carbocycles. The number of nitro benzene ring substituents is 1. The second kappa shape index (κ2) is 7.00. The van der Waals surface area contributed by atoms with E-state index >= 15 is 0 Å². The number of nitrogens with one attached hydrogen (secondary N) is 1. The minimum Gasteiger partial charge on any atom is -0.354 e. The van der Waals surface area contributed by atoms with Gasteiger partial charge in [-0.05, 0) is 34.3 Å². The Bertz CT molecular complexity index is 542. The minimum absolute atomic E-state index is 0.00915. The maximum absolute atomic E-state index is 11.0. The minimum atomic E-state index is -0.378. The topological polar surface area (TPSA) is 75.5 Å². The van der Waals surface area contributed by atoms with Crippen molar-refractivity contribution >= 4 is 27.5 Å². The largest absolute Gasteiger partial charge is 0.354 e. The van der Waals surface area contributed by atoms with Gasteiger partial charge in [0, 0.05) is 38.7 Å². The molecule has 0 atom stereocenters. The van der Waals surface area contributed by atoms with Gasteiger partial charge in [-0.25, -0.2) is 0 Å². The average Bonchev–Trinajstić information content (AvgIpc) is 2.42. The SMILES string of the molecule is CC(=O)NC1CCN(Cc2cccc([N+](=O)[O-])c2Br)CC1. The van der Waals surface area contributed by atoms with Gasteiger partial charge in [0.2, 0.25) is 5.91 Å². The van der Waals surface area contributed by atoms with Crippen molar-refractivity contribution in [1.82, 2.24) is 10.2 Å². The quantitative estimate of drug-likeness (QED) is 0.664. The first-order valence-electron chi connectivity index (χ1n) is 6.88. The molecular formula is C14H18BrN3O3. The second-order valence-electron chi connectivity index (χ2n) is 5.26. The van der Waals surface area contributed by atoms with Crippen LogP contribution in [-0.2, 0) is 11.3 Å². The molecule has 6 nitrogen and oxygen atoms in total. The molecular weight excluding hydrogens is 338 g/mol. The highest BCUT2D eigenvalue weighted by Crippen LogP contribution is 2.29. The predicted octanol–water partition coefficient (Wildman–Crippen LogP) is 2.46. The molecule has 0 radical (unpaired) electrons. The van der Waals surface area contributed by atoms with Crippen LogP contribution in [0.4, 0.5) is 5.69 Å². The van der Waals surface area contributed by atoms with Gasteiger partial charge in [-0.1, -0.05) is 12.1 Å². The zero-order chi connectivity index (χ0) is 15.4. The Labute approximate surface area is 131 Å². The second-order valence-corrected chi connectivity index (χ2v) is 6.05. The predicted molar refractivity (Wildman–Crippen MR) is 82.9 cm³/mol. The molecule has 0 saturated carbocycles. The fourth-order valence-corrected chi connectivity index (χ4v) is 3.13. The normalized spacial score (nSPS) is 16.7. The molecule has 1 aromatic rings. The number of nitrogens with zero attached hydrogens (tertiary/aromatic N) is 2. The van der Waals surface area contributed by atoms with E-state index in [1.807, 2.05) is 6.07 Å². The van der Waals surface area contributed by atoms with Gasteiger partial charge >= 0.3 is 0 Å². The Balaban J connectivity index is 1.96. The molecule has 2 rings (SSSR count). The molecule has 0 unspecified atom stereocenters. The van der Waals surface area contributed by atoms with Crippen LogP contribution >= 0.6 is 15.9 Å². The molecule has 7 heteroatoms. The van der Waals surface area contributed by atoms with Gasteiger partial charge < -0.3 is 5.32 Å². The molecule has 0 bridgehead atoms. The van der Waals surface area contributed by atoms with Gasteiger partial charge in [-0.3, -0.25) is 19.8 Å². The maximum Gasteiger partial charge on any atom is 0.283 e. The Kier molecular flexibility index (Phi) is 5.30. The van der Waals surface area contributed by atoms with Gasteiger partial charge in [0.1, 0.15) is 0 Å². The highest BCUT2D eigenvalue weighted by atomic mass is 79.9. The van der Waals surface area contributed by atoms with Crippen LogP contribution in [0.2, 0.25) is 0 Å². The fraction of sp³-hybridized carbons (Fsp3) is 0.500. The van der Waals surface area contributed by atoms with Gasteiger partial charge in [0.05, 0.1) is 9.40 Å². The lowest BCUT2D eigenvalue weighted by atomic mass is 10.0. The molecule has 1 fully saturated rings. The van der Waals surface area contributed by atoms with E-state index < -0.39 is 0 Å². The van der Waals surface area contributed by atoms with Gasteiger partial charge in [0.25, 0.3) is 5.69 Å². The van der Waals surface area contributed by atoms with Crippen molar-refractivity contribution in [2.45, 2.75) is 32.4 Å². The summed E-state index contributed by atoms with van der Waals surface area (Å²) in [5.41, 5.74) is 1.02. The maximum atomic E-state index is 11.0. The summed E-state index contributed by atoms with van der Waals surface area (Å²) in [6.45, 7) is 3.96. The lowest BCUT2D eigenvalue weighted by Crippen LogP contribution is -2.43. The first kappa shape index (κ1) is 15.9. The summed E-state index contributed by atoms with van der Waals surface area (Å²) < 4.78 is 0.555. The lowest BCUT2D eigenvalue weighted by Gasteiger charge is -2.32. The molecule has 1 heterocycles. The monoisotopic (exact) mass is 355 g/mol. The van der Waals surface area contributed by atoms with Gasteiger partial charge in [0.15, 0.2) is 0 Å². The molecule has 0 spiro atoms. The Morgan fingerprint density at radius 1 is 1.48 bits per heavy atom. The van der Waals surface area contributed by atoms with Crippen LogP contribution in [0.15, 0.2) is 22.7 Å². The van der Waals surface area contributed by atoms with Crippen molar-refractivity contribution in [3.63, 3.8) is 0 Å². The number of benzene rings is 1. The van der Waals surface area contributed by atoms with E-state index in [9.17, 15) is 14.9 Å². The number of rotatable bonds is 4. The summed E-state index contributed by atoms with van der Waals surface area (Å²) in [6.07, 6.45) is 1.82. The van der Waals surface area contributed by atoms with Crippen LogP contribution in [0.25, 0.3) is 0 Å². The van der Waals surface area contributed by atoms with E-state index in [1.165, 1.54) is 13.0 Å². The smallest absolute Gasteiger partial charge is 0.283 e. The molecule has 1 aliphatic rings. The summed E-state index contributed by atoms with van der Waals surface area (Å²) in [7, 11) is 0. The fourth-order valence-electron chi connectivity index (χ4n) is 2.59. The Hall–Kier alpha value is -1.47. The number of carbonyl (C=O) groups excluding carboxylic acids is 1. The zero-order valence-electron chi connectivity index (χ0n) is 11.8. The Morgan fingerprint density at radius 3 is 2.71 bits per heavy atom. The number of nitro groups is 1. The van der Waals surface area contributed by atoms with E-state index in [2.05, 4.69) is 26.1 Å². The van der Waals surface area contributed by atoms with E-state index in [0.29, 0.717) is 11.0 Å². The number of hydrogen-bond acceptors (Lipinski definition) is 4. The number of hydrogen-bond donors (Lipinski definition) is 1. The van der Waals surface area contributed by atoms with Crippen LogP contribution in [-0.4, -0.2) is 34.9 Å². The van der Waals surface area contributed by atoms with Crippen LogP contribution < -0.4 is 5.32 Å². The van der Waals surface area contributed by atoms with Crippen molar-refractivity contribution in [2.24, 2.45) is 0 Å². The molecule has 0 aromatic heterocycles. The standard InChI is InChI=1S/C14H18BrN3O3/c1-10(19)16-12-5-7-17(8-6-12)9-11-3-2-4-13(14(11)15)18(20)21/h2-4,12H,5-9H2,1H3,(H,16,19). The summed E-state index contributed by atoms with van der Waals surface area (Å²) in [6, 6.07) is 5.35. The van der Waals surface area contributed by atoms with Crippen LogP contribution in [0.3, 0.4) is 0 Å². The molecule has 114 valence electrons. The summed E-state index contributed by atoms with van der Waals surface area (Å²) in [5, 5.41) is 13.9. The number of piperidine rings is 1. The highest BCUT2D eigenvalue weighted by Gasteiger charge is 2.22. The van der Waals surface area contributed by atoms with Crippen molar-refractivity contribution in [3.05, 3.63) is 38.3 Å². The molecule has 1 saturated heterocycles. The molecule has 21 heavy (non-hydrogen) atoms. The lowest BCUT2D eigenvalue weighted by molar-refractivity contribution is -0.385. The third-order valence-electron chi connectivity index (χ3n) is 3.64. The summed E-state index contributed by atoms with van der Waals surface area (Å²) in [4.78, 5) is 23.8. The number of halogens is 1. The van der Waals surface area contributed by atoms with Crippen LogP contribution in [0, 0.1) is 10.1 Å². The third kappa shape index (κ3) is 4.25. The Morgan fingerprint density at radius 2 is 2.14 bits per heavy atom. The van der Waals surface area contributed by atoms with Crippen molar-refractivity contribution in [1.29, 1.82) is 0 Å². The van der Waals surface area contributed by atoms with E-state index in [0.717, 1.165) is 31.5 Å². The molecule has 1 N–H and O–H groups in total. The number of likely N-dealkylation sites (tertiary alicyclic amines) is 1. The number of amides is 1. The van der Waals surface area contributed by atoms with E-state index in [-0.39, 0.29) is 22.6 Å². The van der Waals surface area contributed by atoms with E-state index in [4.69, 9.17) is 0 Å². The van der Waals surface area contributed by atoms with Crippen LogP contribution in [0.5, 0.6) is 0 Å². The van der Waals surface area contributed by atoms with Crippen LogP contribution in [0.1, 0.15) is 25.3 Å². The van der Waals surface area contributed by atoms with Crippen molar-refractivity contribution < 1.29 is 9.72 Å². The van der Waals surface area contributed by atoms with Crippen molar-refractivity contribution in [3.8, 4) is 0 Å². The first-order valence-corrected chi connectivity index (χ1v) is 7.68. The van der Waals surface area contributed by atoms with Crippen molar-refractivity contribution in [2.75, 3.05) is 13.1 Å². The third-order valence-corrected chi connectivity index (χ3v) is 4.56. The van der Waals surface area contributed by atoms with Gasteiger partial charge in [-0.2, -0.15) is 0 Å².